The van der Waals surface area contributed by atoms with Crippen LogP contribution in [0.3, 0.4) is 0 Å². The van der Waals surface area contributed by atoms with Gasteiger partial charge < -0.3 is 10.2 Å². The third-order valence-corrected chi connectivity index (χ3v) is 4.34. The van der Waals surface area contributed by atoms with Crippen LogP contribution in [-0.4, -0.2) is 48.0 Å². The van der Waals surface area contributed by atoms with Crippen molar-refractivity contribution in [2.75, 3.05) is 25.9 Å². The van der Waals surface area contributed by atoms with Gasteiger partial charge in [0.2, 0.25) is 5.91 Å². The first-order valence-electron chi connectivity index (χ1n) is 5.28. The molecule has 0 aliphatic carbocycles. The Morgan fingerprint density at radius 2 is 2.27 bits per heavy atom. The third kappa shape index (κ3) is 2.43. The van der Waals surface area contributed by atoms with E-state index in [0.29, 0.717) is 17.9 Å². The van der Waals surface area contributed by atoms with Crippen molar-refractivity contribution in [2.24, 2.45) is 5.92 Å². The summed E-state index contributed by atoms with van der Waals surface area (Å²) in [5.74, 6) is 1.04. The fourth-order valence-electron chi connectivity index (χ4n) is 2.46. The monoisotopic (exact) mass is 250 g/mol. The highest BCUT2D eigenvalue weighted by Gasteiger charge is 2.40. The van der Waals surface area contributed by atoms with Crippen LogP contribution < -0.4 is 5.32 Å². The van der Waals surface area contributed by atoms with E-state index in [1.165, 1.54) is 6.42 Å². The van der Waals surface area contributed by atoms with Crippen molar-refractivity contribution in [2.45, 2.75) is 24.6 Å². The van der Waals surface area contributed by atoms with E-state index < -0.39 is 0 Å². The average molecular weight is 251 g/mol. The molecule has 2 aliphatic rings. The molecule has 5 heteroatoms. The standard InChI is InChI=1S/C10H18N2OS.ClH/c1-7(14-2)10(13)12-4-3-8-5-11-6-9(8)12;/h7-9,11H,3-6H2,1-2H3;1H/t7?,8-,9+;/m0./s1. The van der Waals surface area contributed by atoms with Crippen molar-refractivity contribution in [1.29, 1.82) is 0 Å². The van der Waals surface area contributed by atoms with E-state index in [4.69, 9.17) is 0 Å². The summed E-state index contributed by atoms with van der Waals surface area (Å²) < 4.78 is 0. The summed E-state index contributed by atoms with van der Waals surface area (Å²) >= 11 is 1.64. The van der Waals surface area contributed by atoms with Crippen LogP contribution in [0.2, 0.25) is 0 Å². The second-order valence-electron chi connectivity index (χ2n) is 4.18. The molecule has 2 heterocycles. The van der Waals surface area contributed by atoms with Gasteiger partial charge in [-0.3, -0.25) is 4.79 Å². The van der Waals surface area contributed by atoms with Gasteiger partial charge in [-0.25, -0.2) is 0 Å². The lowest BCUT2D eigenvalue weighted by Crippen LogP contribution is -2.42. The molecule has 0 aromatic carbocycles. The molecule has 3 atom stereocenters. The molecule has 3 nitrogen and oxygen atoms in total. The molecule has 88 valence electrons. The van der Waals surface area contributed by atoms with E-state index in [0.717, 1.165) is 19.6 Å². The first-order valence-corrected chi connectivity index (χ1v) is 6.57. The fraction of sp³-hybridized carbons (Fsp3) is 0.900. The molecule has 0 bridgehead atoms. The molecule has 2 rings (SSSR count). The number of hydrogen-bond acceptors (Lipinski definition) is 3. The highest BCUT2D eigenvalue weighted by atomic mass is 35.5. The Morgan fingerprint density at radius 1 is 1.53 bits per heavy atom. The van der Waals surface area contributed by atoms with Gasteiger partial charge >= 0.3 is 0 Å². The van der Waals surface area contributed by atoms with Gasteiger partial charge in [-0.1, -0.05) is 0 Å². The molecular weight excluding hydrogens is 232 g/mol. The Kier molecular flexibility index (Phi) is 4.74. The van der Waals surface area contributed by atoms with Crippen molar-refractivity contribution in [3.05, 3.63) is 0 Å². The summed E-state index contributed by atoms with van der Waals surface area (Å²) in [6.07, 6.45) is 3.19. The van der Waals surface area contributed by atoms with E-state index in [-0.39, 0.29) is 17.7 Å². The van der Waals surface area contributed by atoms with Crippen LogP contribution in [0, 0.1) is 5.92 Å². The fourth-order valence-corrected chi connectivity index (χ4v) is 2.79. The zero-order valence-corrected chi connectivity index (χ0v) is 10.9. The van der Waals surface area contributed by atoms with Gasteiger partial charge in [0.15, 0.2) is 0 Å². The summed E-state index contributed by atoms with van der Waals surface area (Å²) in [6, 6.07) is 0.483. The maximum atomic E-state index is 12.0. The second kappa shape index (κ2) is 5.41. The Balaban J connectivity index is 0.00000112. The number of carbonyl (C=O) groups is 1. The first kappa shape index (κ1) is 13.1. The third-order valence-electron chi connectivity index (χ3n) is 3.43. The molecule has 0 aromatic heterocycles. The lowest BCUT2D eigenvalue weighted by Gasteiger charge is -2.25. The Labute approximate surface area is 102 Å². The van der Waals surface area contributed by atoms with Gasteiger partial charge in [0, 0.05) is 25.7 Å². The molecule has 1 amide bonds. The number of halogens is 1. The lowest BCUT2D eigenvalue weighted by atomic mass is 10.1. The number of fused-ring (bicyclic) bond motifs is 1. The van der Waals surface area contributed by atoms with Crippen LogP contribution >= 0.6 is 24.2 Å². The molecule has 1 unspecified atom stereocenters. The Bertz CT molecular complexity index is 239. The van der Waals surface area contributed by atoms with Crippen LogP contribution in [0.4, 0.5) is 0 Å². The van der Waals surface area contributed by atoms with E-state index in [1.807, 2.05) is 13.2 Å². The maximum absolute atomic E-state index is 12.0. The minimum absolute atomic E-state index is 0. The summed E-state index contributed by atoms with van der Waals surface area (Å²) in [6.45, 7) is 5.07. The number of rotatable bonds is 2. The lowest BCUT2D eigenvalue weighted by molar-refractivity contribution is -0.131. The zero-order chi connectivity index (χ0) is 10.1. The van der Waals surface area contributed by atoms with E-state index in [9.17, 15) is 4.79 Å². The van der Waals surface area contributed by atoms with Crippen LogP contribution in [-0.2, 0) is 4.79 Å². The largest absolute Gasteiger partial charge is 0.337 e. The summed E-state index contributed by atoms with van der Waals surface area (Å²) in [7, 11) is 0. The molecule has 1 N–H and O–H groups in total. The number of carbonyl (C=O) groups excluding carboxylic acids is 1. The highest BCUT2D eigenvalue weighted by molar-refractivity contribution is 7.99. The van der Waals surface area contributed by atoms with Gasteiger partial charge in [0.05, 0.1) is 5.25 Å². The zero-order valence-electron chi connectivity index (χ0n) is 9.23. The van der Waals surface area contributed by atoms with Gasteiger partial charge in [-0.15, -0.1) is 12.4 Å². The average Bonchev–Trinajstić information content (AvgIpc) is 2.76. The second-order valence-corrected chi connectivity index (χ2v) is 5.36. The molecule has 0 spiro atoms. The predicted molar refractivity (Wildman–Crippen MR) is 66.7 cm³/mol. The van der Waals surface area contributed by atoms with Crippen LogP contribution in [0.15, 0.2) is 0 Å². The molecule has 2 saturated heterocycles. The number of nitrogens with one attached hydrogen (secondary N) is 1. The quantitative estimate of drug-likeness (QED) is 0.793. The van der Waals surface area contributed by atoms with E-state index >= 15 is 0 Å². The van der Waals surface area contributed by atoms with E-state index in [2.05, 4.69) is 10.2 Å². The van der Waals surface area contributed by atoms with Crippen molar-refractivity contribution >= 4 is 30.1 Å². The van der Waals surface area contributed by atoms with Crippen LogP contribution in [0.5, 0.6) is 0 Å². The molecule has 2 fully saturated rings. The molecule has 0 aromatic rings. The smallest absolute Gasteiger partial charge is 0.235 e. The number of hydrogen-bond donors (Lipinski definition) is 1. The van der Waals surface area contributed by atoms with Crippen molar-refractivity contribution < 1.29 is 4.79 Å². The first-order chi connectivity index (χ1) is 6.74. The predicted octanol–water partition coefficient (Wildman–Crippen LogP) is 0.980. The number of thioether (sulfide) groups is 1. The summed E-state index contributed by atoms with van der Waals surface area (Å²) in [4.78, 5) is 14.1. The van der Waals surface area contributed by atoms with Crippen molar-refractivity contribution in [3.63, 3.8) is 0 Å². The van der Waals surface area contributed by atoms with Gasteiger partial charge in [-0.05, 0) is 25.5 Å². The minimum Gasteiger partial charge on any atom is -0.337 e. The van der Waals surface area contributed by atoms with E-state index in [1.54, 1.807) is 11.8 Å². The van der Waals surface area contributed by atoms with Crippen LogP contribution in [0.25, 0.3) is 0 Å². The van der Waals surface area contributed by atoms with Gasteiger partial charge in [0.25, 0.3) is 0 Å². The molecule has 15 heavy (non-hydrogen) atoms. The van der Waals surface area contributed by atoms with Crippen molar-refractivity contribution in [1.82, 2.24) is 10.2 Å². The molecule has 2 aliphatic heterocycles. The number of nitrogens with zero attached hydrogens (tertiary/aromatic N) is 1. The van der Waals surface area contributed by atoms with Gasteiger partial charge in [-0.2, -0.15) is 11.8 Å². The molecule has 0 saturated carbocycles. The van der Waals surface area contributed by atoms with Gasteiger partial charge in [0.1, 0.15) is 0 Å². The maximum Gasteiger partial charge on any atom is 0.235 e. The minimum atomic E-state index is 0. The van der Waals surface area contributed by atoms with Crippen molar-refractivity contribution in [3.8, 4) is 0 Å². The number of amides is 1. The topological polar surface area (TPSA) is 32.3 Å². The molecule has 0 radical (unpaired) electrons. The summed E-state index contributed by atoms with van der Waals surface area (Å²) in [5, 5.41) is 3.49. The Hall–Kier alpha value is 0.0700. The summed E-state index contributed by atoms with van der Waals surface area (Å²) in [5.41, 5.74) is 0. The van der Waals surface area contributed by atoms with Crippen LogP contribution in [0.1, 0.15) is 13.3 Å². The highest BCUT2D eigenvalue weighted by Crippen LogP contribution is 2.28. The molecular formula is C10H19ClN2OS. The SMILES string of the molecule is CSC(C)C(=O)N1CC[C@H]2CNC[C@H]21.Cl. The number of likely N-dealkylation sites (tertiary alicyclic amines) is 1. The normalized spacial score (nSPS) is 30.9. The Morgan fingerprint density at radius 3 is 2.93 bits per heavy atom.